The molecule has 1 N–H and O–H groups in total. The highest BCUT2D eigenvalue weighted by atomic mass is 16.2. The van der Waals surface area contributed by atoms with Crippen molar-refractivity contribution in [1.82, 2.24) is 15.2 Å². The van der Waals surface area contributed by atoms with Crippen molar-refractivity contribution in [2.45, 2.75) is 13.3 Å². The number of hydrogen-bond acceptors (Lipinski definition) is 3. The van der Waals surface area contributed by atoms with Crippen LogP contribution in [0.25, 0.3) is 11.4 Å². The first-order valence-corrected chi connectivity index (χ1v) is 5.53. The first kappa shape index (κ1) is 10.0. The molecule has 1 aliphatic heterocycles. The number of nitrogens with zero attached hydrogens (tertiary/aromatic N) is 3. The lowest BCUT2D eigenvalue weighted by Crippen LogP contribution is -2.30. The maximum absolute atomic E-state index is 11.7. The molecule has 0 atom stereocenters. The highest BCUT2D eigenvalue weighted by molar-refractivity contribution is 5.96. The Kier molecular flexibility index (Phi) is 2.18. The molecule has 0 bridgehead atoms. The van der Waals surface area contributed by atoms with E-state index in [4.69, 9.17) is 0 Å². The highest BCUT2D eigenvalue weighted by Crippen LogP contribution is 2.32. The van der Waals surface area contributed by atoms with Crippen molar-refractivity contribution in [1.29, 1.82) is 0 Å². The molecule has 0 aromatic carbocycles. The third-order valence-electron chi connectivity index (χ3n) is 3.02. The Balaban J connectivity index is 2.23. The number of H-pyrrole nitrogens is 1. The number of aromatic amines is 1. The van der Waals surface area contributed by atoms with Crippen LogP contribution in [0.2, 0.25) is 0 Å². The van der Waals surface area contributed by atoms with Gasteiger partial charge in [0.05, 0.1) is 17.6 Å². The lowest BCUT2D eigenvalue weighted by molar-refractivity contribution is -0.116. The van der Waals surface area contributed by atoms with Gasteiger partial charge in [0.1, 0.15) is 5.69 Å². The van der Waals surface area contributed by atoms with Crippen LogP contribution in [0.3, 0.4) is 0 Å². The third-order valence-corrected chi connectivity index (χ3v) is 3.02. The zero-order valence-corrected chi connectivity index (χ0v) is 9.47. The molecule has 5 heteroatoms. The quantitative estimate of drug-likeness (QED) is 0.741. The Morgan fingerprint density at radius 3 is 3.24 bits per heavy atom. The van der Waals surface area contributed by atoms with Gasteiger partial charge >= 0.3 is 0 Å². The van der Waals surface area contributed by atoms with Crippen molar-refractivity contribution in [2.24, 2.45) is 0 Å². The normalized spacial score (nSPS) is 13.8. The van der Waals surface area contributed by atoms with Gasteiger partial charge in [-0.1, -0.05) is 0 Å². The molecule has 17 heavy (non-hydrogen) atoms. The van der Waals surface area contributed by atoms with Crippen LogP contribution in [0, 0.1) is 0 Å². The molecule has 0 unspecified atom stereocenters. The Bertz CT molecular complexity index is 575. The summed E-state index contributed by atoms with van der Waals surface area (Å²) in [6.07, 6.45) is 4.33. The van der Waals surface area contributed by atoms with E-state index in [1.54, 1.807) is 24.2 Å². The van der Waals surface area contributed by atoms with Gasteiger partial charge in [0, 0.05) is 25.2 Å². The van der Waals surface area contributed by atoms with Crippen molar-refractivity contribution >= 4 is 11.6 Å². The van der Waals surface area contributed by atoms with Gasteiger partial charge in [-0.3, -0.25) is 14.9 Å². The maximum atomic E-state index is 11.7. The summed E-state index contributed by atoms with van der Waals surface area (Å²) in [5.41, 5.74) is 3.67. The molecule has 3 heterocycles. The number of carbonyl (C=O) groups excluding carboxylic acids is 1. The number of pyridine rings is 1. The fourth-order valence-electron chi connectivity index (χ4n) is 2.19. The van der Waals surface area contributed by atoms with E-state index in [0.29, 0.717) is 6.54 Å². The number of anilines is 1. The molecule has 0 spiro atoms. The Hall–Kier alpha value is -2.17. The van der Waals surface area contributed by atoms with Gasteiger partial charge in [-0.15, -0.1) is 0 Å². The molecule has 0 saturated heterocycles. The Morgan fingerprint density at radius 1 is 1.53 bits per heavy atom. The second kappa shape index (κ2) is 3.69. The minimum atomic E-state index is 0.0392. The predicted molar refractivity (Wildman–Crippen MR) is 63.5 cm³/mol. The number of rotatable bonds is 0. The summed E-state index contributed by atoms with van der Waals surface area (Å²) in [5, 5.41) is 7.01. The number of hydrogen-bond donors (Lipinski definition) is 1. The number of fused-ring (bicyclic) bond motifs is 3. The second-order valence-corrected chi connectivity index (χ2v) is 4.06. The molecule has 0 fully saturated rings. The molecule has 5 nitrogen and oxygen atoms in total. The zero-order chi connectivity index (χ0) is 11.8. The van der Waals surface area contributed by atoms with Crippen LogP contribution >= 0.6 is 0 Å². The number of aromatic nitrogens is 3. The number of carbonyl (C=O) groups is 1. The van der Waals surface area contributed by atoms with Crippen LogP contribution in [0.4, 0.5) is 5.69 Å². The van der Waals surface area contributed by atoms with Crippen LogP contribution < -0.4 is 4.90 Å². The molecule has 0 aliphatic carbocycles. The summed E-state index contributed by atoms with van der Waals surface area (Å²) in [4.78, 5) is 17.8. The van der Waals surface area contributed by atoms with Crippen LogP contribution in [0.5, 0.6) is 0 Å². The van der Waals surface area contributed by atoms with E-state index in [1.165, 1.54) is 0 Å². The predicted octanol–water partition coefficient (Wildman–Crippen LogP) is 1.38. The zero-order valence-electron chi connectivity index (χ0n) is 9.47. The standard InChI is InChI=1S/C12H12N4O/c1-8(17)16-6-4-9-7-14-15-11(9)12-10(16)3-2-5-13-12/h2-3,5,7H,4,6H2,1H3,(H,14,15). The van der Waals surface area contributed by atoms with Gasteiger partial charge in [0.2, 0.25) is 5.91 Å². The van der Waals surface area contributed by atoms with Crippen molar-refractivity contribution in [2.75, 3.05) is 11.4 Å². The summed E-state index contributed by atoms with van der Waals surface area (Å²) in [7, 11) is 0. The van der Waals surface area contributed by atoms with E-state index in [1.807, 2.05) is 12.1 Å². The topological polar surface area (TPSA) is 61.9 Å². The molecule has 0 radical (unpaired) electrons. The molecular formula is C12H12N4O. The third kappa shape index (κ3) is 1.51. The average molecular weight is 228 g/mol. The minimum Gasteiger partial charge on any atom is -0.310 e. The molecule has 2 aromatic rings. The van der Waals surface area contributed by atoms with Crippen LogP contribution in [0.1, 0.15) is 12.5 Å². The molecule has 0 saturated carbocycles. The lowest BCUT2D eigenvalue weighted by atomic mass is 10.1. The Labute approximate surface area is 98.5 Å². The summed E-state index contributed by atoms with van der Waals surface area (Å²) in [5.74, 6) is 0.0392. The minimum absolute atomic E-state index is 0.0392. The highest BCUT2D eigenvalue weighted by Gasteiger charge is 2.23. The fourth-order valence-corrected chi connectivity index (χ4v) is 2.19. The molecule has 1 aliphatic rings. The molecular weight excluding hydrogens is 216 g/mol. The van der Waals surface area contributed by atoms with E-state index in [2.05, 4.69) is 15.2 Å². The van der Waals surface area contributed by atoms with Gasteiger partial charge in [-0.25, -0.2) is 0 Å². The largest absolute Gasteiger partial charge is 0.310 e. The van der Waals surface area contributed by atoms with E-state index in [9.17, 15) is 4.79 Å². The van der Waals surface area contributed by atoms with Gasteiger partial charge in [-0.2, -0.15) is 5.10 Å². The maximum Gasteiger partial charge on any atom is 0.223 e. The number of nitrogens with one attached hydrogen (secondary N) is 1. The summed E-state index contributed by atoms with van der Waals surface area (Å²) in [6.45, 7) is 2.25. The average Bonchev–Trinajstić information content (AvgIpc) is 2.72. The van der Waals surface area contributed by atoms with Crippen molar-refractivity contribution in [3.05, 3.63) is 30.1 Å². The smallest absolute Gasteiger partial charge is 0.223 e. The van der Waals surface area contributed by atoms with E-state index in [0.717, 1.165) is 29.1 Å². The van der Waals surface area contributed by atoms with Gasteiger partial charge in [0.25, 0.3) is 0 Å². The second-order valence-electron chi connectivity index (χ2n) is 4.06. The monoisotopic (exact) mass is 228 g/mol. The van der Waals surface area contributed by atoms with E-state index < -0.39 is 0 Å². The van der Waals surface area contributed by atoms with E-state index >= 15 is 0 Å². The molecule has 1 amide bonds. The fraction of sp³-hybridized carbons (Fsp3) is 0.250. The van der Waals surface area contributed by atoms with Crippen LogP contribution in [-0.4, -0.2) is 27.6 Å². The van der Waals surface area contributed by atoms with Gasteiger partial charge < -0.3 is 4.90 Å². The number of amides is 1. The molecule has 3 rings (SSSR count). The van der Waals surface area contributed by atoms with Crippen LogP contribution in [-0.2, 0) is 11.2 Å². The van der Waals surface area contributed by atoms with E-state index in [-0.39, 0.29) is 5.91 Å². The van der Waals surface area contributed by atoms with Gasteiger partial charge in [-0.05, 0) is 18.6 Å². The first-order chi connectivity index (χ1) is 8.27. The molecule has 2 aromatic heterocycles. The summed E-state index contributed by atoms with van der Waals surface area (Å²) < 4.78 is 0. The first-order valence-electron chi connectivity index (χ1n) is 5.53. The summed E-state index contributed by atoms with van der Waals surface area (Å²) >= 11 is 0. The SMILES string of the molecule is CC(=O)N1CCc2cn[nH]c2-c2ncccc21. The van der Waals surface area contributed by atoms with Crippen molar-refractivity contribution in [3.63, 3.8) is 0 Å². The summed E-state index contributed by atoms with van der Waals surface area (Å²) in [6, 6.07) is 3.76. The Morgan fingerprint density at radius 2 is 2.41 bits per heavy atom. The van der Waals surface area contributed by atoms with Gasteiger partial charge in [0.15, 0.2) is 0 Å². The van der Waals surface area contributed by atoms with Crippen molar-refractivity contribution < 1.29 is 4.79 Å². The molecule has 86 valence electrons. The van der Waals surface area contributed by atoms with Crippen molar-refractivity contribution in [3.8, 4) is 11.4 Å². The van der Waals surface area contributed by atoms with Crippen LogP contribution in [0.15, 0.2) is 24.5 Å². The lowest BCUT2D eigenvalue weighted by Gasteiger charge is -2.20.